The van der Waals surface area contributed by atoms with Crippen LogP contribution in [0.3, 0.4) is 0 Å². The summed E-state index contributed by atoms with van der Waals surface area (Å²) in [6, 6.07) is 7.00. The molecule has 0 bridgehead atoms. The number of hydrogen-bond acceptors (Lipinski definition) is 4. The lowest BCUT2D eigenvalue weighted by Gasteiger charge is -2.30. The molecular weight excluding hydrogens is 318 g/mol. The standard InChI is InChI=1S/C20H21NO4/c1-6-14-8-7-9-15(10-14)18-16(19(22)23)12(4)21-13(5)17(18)20(24)25-11(2)3/h1,7-11,18,21H,2-5H3,(H,22,23). The van der Waals surface area contributed by atoms with Crippen LogP contribution < -0.4 is 5.32 Å². The fourth-order valence-corrected chi connectivity index (χ4v) is 2.97. The Morgan fingerprint density at radius 1 is 1.24 bits per heavy atom. The van der Waals surface area contributed by atoms with E-state index >= 15 is 0 Å². The SMILES string of the molecule is C#Cc1cccc(C2C(C(=O)O)=C(C)NC(C)=C2C(=O)OC(C)C)c1. The summed E-state index contributed by atoms with van der Waals surface area (Å²) in [5, 5.41) is 12.7. The van der Waals surface area contributed by atoms with E-state index in [-0.39, 0.29) is 17.3 Å². The molecule has 5 heteroatoms. The molecule has 2 N–H and O–H groups in total. The number of carbonyl (C=O) groups is 2. The number of rotatable bonds is 4. The first kappa shape index (κ1) is 18.3. The maximum absolute atomic E-state index is 12.7. The van der Waals surface area contributed by atoms with Gasteiger partial charge in [-0.05, 0) is 45.4 Å². The molecule has 1 aliphatic heterocycles. The Hall–Kier alpha value is -3.00. The van der Waals surface area contributed by atoms with Gasteiger partial charge in [0.25, 0.3) is 0 Å². The molecule has 0 spiro atoms. The number of aliphatic carboxylic acids is 1. The third-order valence-electron chi connectivity index (χ3n) is 3.94. The summed E-state index contributed by atoms with van der Waals surface area (Å²) in [5.41, 5.74) is 2.71. The molecule has 0 fully saturated rings. The van der Waals surface area contributed by atoms with Crippen LogP contribution >= 0.6 is 0 Å². The van der Waals surface area contributed by atoms with Crippen LogP contribution in [0.5, 0.6) is 0 Å². The Labute approximate surface area is 147 Å². The lowest BCUT2D eigenvalue weighted by Crippen LogP contribution is -2.32. The van der Waals surface area contributed by atoms with E-state index in [0.717, 1.165) is 0 Å². The predicted molar refractivity (Wildman–Crippen MR) is 94.5 cm³/mol. The van der Waals surface area contributed by atoms with E-state index in [1.807, 2.05) is 0 Å². The van der Waals surface area contributed by atoms with Gasteiger partial charge in [0.1, 0.15) is 0 Å². The number of carbonyl (C=O) groups excluding carboxylic acids is 1. The minimum Gasteiger partial charge on any atom is -0.478 e. The van der Waals surface area contributed by atoms with Gasteiger partial charge in [-0.25, -0.2) is 9.59 Å². The third-order valence-corrected chi connectivity index (χ3v) is 3.94. The average molecular weight is 339 g/mol. The van der Waals surface area contributed by atoms with E-state index in [9.17, 15) is 14.7 Å². The zero-order valence-electron chi connectivity index (χ0n) is 14.7. The number of hydrogen-bond donors (Lipinski definition) is 2. The highest BCUT2D eigenvalue weighted by Crippen LogP contribution is 2.39. The normalized spacial score (nSPS) is 17.2. The van der Waals surface area contributed by atoms with E-state index in [1.165, 1.54) is 0 Å². The number of benzene rings is 1. The van der Waals surface area contributed by atoms with Crippen molar-refractivity contribution in [1.29, 1.82) is 0 Å². The number of allylic oxidation sites excluding steroid dienone is 2. The maximum Gasteiger partial charge on any atom is 0.337 e. The van der Waals surface area contributed by atoms with Crippen LogP contribution in [0, 0.1) is 12.3 Å². The molecular formula is C20H21NO4. The van der Waals surface area contributed by atoms with E-state index in [0.29, 0.717) is 22.5 Å². The van der Waals surface area contributed by atoms with E-state index in [4.69, 9.17) is 11.2 Å². The highest BCUT2D eigenvalue weighted by molar-refractivity contribution is 5.99. The molecule has 5 nitrogen and oxygen atoms in total. The van der Waals surface area contributed by atoms with E-state index < -0.39 is 17.9 Å². The van der Waals surface area contributed by atoms with Crippen LogP contribution in [-0.2, 0) is 14.3 Å². The van der Waals surface area contributed by atoms with Crippen molar-refractivity contribution in [3.8, 4) is 12.3 Å². The highest BCUT2D eigenvalue weighted by Gasteiger charge is 2.37. The van der Waals surface area contributed by atoms with Crippen LogP contribution in [0.2, 0.25) is 0 Å². The first-order chi connectivity index (χ1) is 11.8. The summed E-state index contributed by atoms with van der Waals surface area (Å²) in [5.74, 6) is 0.153. The van der Waals surface area contributed by atoms with Gasteiger partial charge in [0.15, 0.2) is 0 Å². The van der Waals surface area contributed by atoms with E-state index in [2.05, 4.69) is 11.2 Å². The first-order valence-corrected chi connectivity index (χ1v) is 7.95. The van der Waals surface area contributed by atoms with Crippen molar-refractivity contribution >= 4 is 11.9 Å². The predicted octanol–water partition coefficient (Wildman–Crippen LogP) is 2.94. The molecule has 0 aromatic heterocycles. The first-order valence-electron chi connectivity index (χ1n) is 7.95. The average Bonchev–Trinajstić information content (AvgIpc) is 2.52. The fraction of sp³-hybridized carbons (Fsp3) is 0.300. The van der Waals surface area contributed by atoms with Crippen molar-refractivity contribution in [2.24, 2.45) is 0 Å². The molecule has 1 aromatic rings. The molecule has 1 heterocycles. The molecule has 0 aliphatic carbocycles. The smallest absolute Gasteiger partial charge is 0.337 e. The maximum atomic E-state index is 12.7. The molecule has 0 saturated heterocycles. The van der Waals surface area contributed by atoms with Gasteiger partial charge in [0, 0.05) is 17.0 Å². The summed E-state index contributed by atoms with van der Waals surface area (Å²) >= 11 is 0. The largest absolute Gasteiger partial charge is 0.478 e. The minimum absolute atomic E-state index is 0.107. The lowest BCUT2D eigenvalue weighted by molar-refractivity contribution is -0.143. The molecule has 1 aromatic carbocycles. The second-order valence-corrected chi connectivity index (χ2v) is 6.16. The molecule has 0 radical (unpaired) electrons. The second-order valence-electron chi connectivity index (χ2n) is 6.16. The van der Waals surface area contributed by atoms with Gasteiger partial charge >= 0.3 is 11.9 Å². The van der Waals surface area contributed by atoms with Gasteiger partial charge in [-0.1, -0.05) is 18.1 Å². The molecule has 25 heavy (non-hydrogen) atoms. The number of ether oxygens (including phenoxy) is 1. The quantitative estimate of drug-likeness (QED) is 0.652. The molecule has 1 unspecified atom stereocenters. The van der Waals surface area contributed by atoms with Crippen molar-refractivity contribution in [2.45, 2.75) is 39.7 Å². The summed E-state index contributed by atoms with van der Waals surface area (Å²) in [6.07, 6.45) is 5.15. The Bertz CT molecular complexity index is 824. The minimum atomic E-state index is -1.09. The third kappa shape index (κ3) is 3.74. The highest BCUT2D eigenvalue weighted by atomic mass is 16.5. The molecule has 1 atom stereocenters. The van der Waals surface area contributed by atoms with Gasteiger partial charge in [0.2, 0.25) is 0 Å². The van der Waals surface area contributed by atoms with Crippen LogP contribution in [0.4, 0.5) is 0 Å². The Kier molecular flexibility index (Phi) is 5.33. The number of dihydropyridines is 1. The summed E-state index contributed by atoms with van der Waals surface area (Å²) in [7, 11) is 0. The lowest BCUT2D eigenvalue weighted by atomic mass is 9.80. The molecule has 2 rings (SSSR count). The molecule has 0 amide bonds. The number of nitrogens with one attached hydrogen (secondary N) is 1. The van der Waals surface area contributed by atoms with Gasteiger partial charge in [-0.15, -0.1) is 6.42 Å². The Balaban J connectivity index is 2.67. The monoisotopic (exact) mass is 339 g/mol. The molecule has 1 aliphatic rings. The number of carboxylic acid groups (broad SMARTS) is 1. The van der Waals surface area contributed by atoms with Gasteiger partial charge < -0.3 is 15.2 Å². The number of carboxylic acids is 1. The second kappa shape index (κ2) is 7.27. The molecule has 0 saturated carbocycles. The van der Waals surface area contributed by atoms with Crippen LogP contribution in [-0.4, -0.2) is 23.1 Å². The van der Waals surface area contributed by atoms with Gasteiger partial charge in [-0.3, -0.25) is 0 Å². The van der Waals surface area contributed by atoms with Crippen LogP contribution in [0.15, 0.2) is 46.8 Å². The zero-order chi connectivity index (χ0) is 18.7. The number of terminal acetylenes is 1. The van der Waals surface area contributed by atoms with Crippen molar-refractivity contribution in [3.05, 3.63) is 57.9 Å². The van der Waals surface area contributed by atoms with Crippen molar-refractivity contribution < 1.29 is 19.4 Å². The zero-order valence-corrected chi connectivity index (χ0v) is 14.7. The van der Waals surface area contributed by atoms with Gasteiger partial charge in [-0.2, -0.15) is 0 Å². The van der Waals surface area contributed by atoms with Crippen LogP contribution in [0.1, 0.15) is 44.7 Å². The van der Waals surface area contributed by atoms with E-state index in [1.54, 1.807) is 52.0 Å². The van der Waals surface area contributed by atoms with Crippen molar-refractivity contribution in [2.75, 3.05) is 0 Å². The Morgan fingerprint density at radius 2 is 1.88 bits per heavy atom. The number of esters is 1. The summed E-state index contributed by atoms with van der Waals surface area (Å²) in [4.78, 5) is 24.5. The fourth-order valence-electron chi connectivity index (χ4n) is 2.97. The summed E-state index contributed by atoms with van der Waals surface area (Å²) in [6.45, 7) is 6.90. The Morgan fingerprint density at radius 3 is 2.44 bits per heavy atom. The summed E-state index contributed by atoms with van der Waals surface area (Å²) < 4.78 is 5.34. The van der Waals surface area contributed by atoms with Crippen LogP contribution in [0.25, 0.3) is 0 Å². The van der Waals surface area contributed by atoms with Crippen molar-refractivity contribution in [3.63, 3.8) is 0 Å². The molecule has 130 valence electrons. The van der Waals surface area contributed by atoms with Crippen molar-refractivity contribution in [1.82, 2.24) is 5.32 Å². The van der Waals surface area contributed by atoms with Gasteiger partial charge in [0.05, 0.1) is 23.2 Å². The topological polar surface area (TPSA) is 75.6 Å².